The third-order valence-electron chi connectivity index (χ3n) is 2.19. The van der Waals surface area contributed by atoms with E-state index in [9.17, 15) is 9.59 Å². The summed E-state index contributed by atoms with van der Waals surface area (Å²) in [7, 11) is 0. The molecule has 1 heterocycles. The highest BCUT2D eigenvalue weighted by molar-refractivity contribution is 5.93. The van der Waals surface area contributed by atoms with E-state index in [1.807, 2.05) is 0 Å². The van der Waals surface area contributed by atoms with Gasteiger partial charge < -0.3 is 9.73 Å². The predicted molar refractivity (Wildman–Crippen MR) is 60.4 cm³/mol. The third-order valence-corrected chi connectivity index (χ3v) is 2.19. The van der Waals surface area contributed by atoms with E-state index >= 15 is 0 Å². The average molecular weight is 228 g/mol. The molecule has 5 heteroatoms. The Balaban J connectivity index is 2.47. The molecule has 1 aromatic carbocycles. The molecule has 5 nitrogen and oxygen atoms in total. The lowest BCUT2D eigenvalue weighted by atomic mass is 10.2. The SMILES string of the molecule is N#CCNC(=O)c1cc(=O)c2ccccc2o1. The van der Waals surface area contributed by atoms with Crippen LogP contribution in [0.15, 0.2) is 39.5 Å². The number of amides is 1. The van der Waals surface area contributed by atoms with Gasteiger partial charge in [-0.3, -0.25) is 9.59 Å². The summed E-state index contributed by atoms with van der Waals surface area (Å²) in [6.07, 6.45) is 0. The van der Waals surface area contributed by atoms with E-state index in [-0.39, 0.29) is 17.7 Å². The first kappa shape index (κ1) is 10.9. The van der Waals surface area contributed by atoms with Crippen molar-refractivity contribution in [1.82, 2.24) is 5.32 Å². The Hall–Kier alpha value is -2.61. The fraction of sp³-hybridized carbons (Fsp3) is 0.0833. The molecule has 0 bridgehead atoms. The molecule has 0 aliphatic carbocycles. The number of carbonyl (C=O) groups is 1. The Morgan fingerprint density at radius 3 is 2.94 bits per heavy atom. The molecule has 84 valence electrons. The Bertz CT molecular complexity index is 667. The summed E-state index contributed by atoms with van der Waals surface area (Å²) >= 11 is 0. The molecule has 0 aliphatic heterocycles. The summed E-state index contributed by atoms with van der Waals surface area (Å²) in [6, 6.07) is 9.55. The molecule has 0 atom stereocenters. The maximum atomic E-state index is 11.7. The predicted octanol–water partition coefficient (Wildman–Crippen LogP) is 1.05. The van der Waals surface area contributed by atoms with Crippen molar-refractivity contribution in [3.05, 3.63) is 46.3 Å². The van der Waals surface area contributed by atoms with Crippen LogP contribution in [0, 0.1) is 11.3 Å². The molecule has 0 radical (unpaired) electrons. The van der Waals surface area contributed by atoms with Gasteiger partial charge in [-0.05, 0) is 12.1 Å². The molecule has 2 aromatic rings. The van der Waals surface area contributed by atoms with Gasteiger partial charge in [0.05, 0.1) is 11.5 Å². The van der Waals surface area contributed by atoms with Crippen LogP contribution in [-0.4, -0.2) is 12.5 Å². The Labute approximate surface area is 96.3 Å². The minimum atomic E-state index is -0.575. The molecule has 2 rings (SSSR count). The van der Waals surface area contributed by atoms with Crippen LogP contribution >= 0.6 is 0 Å². The molecule has 1 aromatic heterocycles. The van der Waals surface area contributed by atoms with Gasteiger partial charge in [0, 0.05) is 6.07 Å². The van der Waals surface area contributed by atoms with Crippen LogP contribution < -0.4 is 10.7 Å². The Kier molecular flexibility index (Phi) is 2.88. The molecule has 1 amide bonds. The molecular weight excluding hydrogens is 220 g/mol. The van der Waals surface area contributed by atoms with Crippen molar-refractivity contribution in [2.75, 3.05) is 6.54 Å². The highest BCUT2D eigenvalue weighted by atomic mass is 16.3. The molecule has 0 fully saturated rings. The zero-order valence-electron chi connectivity index (χ0n) is 8.77. The van der Waals surface area contributed by atoms with Gasteiger partial charge >= 0.3 is 0 Å². The highest BCUT2D eigenvalue weighted by Crippen LogP contribution is 2.11. The summed E-state index contributed by atoms with van der Waals surface area (Å²) in [6.45, 7) is -0.130. The standard InChI is InChI=1S/C12H8N2O3/c13-5-6-14-12(16)11-7-9(15)8-3-1-2-4-10(8)17-11/h1-4,7H,6H2,(H,14,16). The lowest BCUT2D eigenvalue weighted by Crippen LogP contribution is -2.24. The first-order valence-electron chi connectivity index (χ1n) is 4.90. The van der Waals surface area contributed by atoms with E-state index in [4.69, 9.17) is 9.68 Å². The van der Waals surface area contributed by atoms with Crippen molar-refractivity contribution in [2.45, 2.75) is 0 Å². The minimum absolute atomic E-state index is 0.0936. The largest absolute Gasteiger partial charge is 0.451 e. The topological polar surface area (TPSA) is 83.1 Å². The van der Waals surface area contributed by atoms with Crippen LogP contribution in [0.2, 0.25) is 0 Å². The van der Waals surface area contributed by atoms with Gasteiger partial charge in [0.15, 0.2) is 11.2 Å². The van der Waals surface area contributed by atoms with Gasteiger partial charge in [-0.1, -0.05) is 12.1 Å². The van der Waals surface area contributed by atoms with E-state index < -0.39 is 5.91 Å². The van der Waals surface area contributed by atoms with E-state index in [0.29, 0.717) is 11.0 Å². The quantitative estimate of drug-likeness (QED) is 0.778. The summed E-state index contributed by atoms with van der Waals surface area (Å²) in [5.41, 5.74) is 0.0658. The van der Waals surface area contributed by atoms with Crippen LogP contribution in [0.3, 0.4) is 0 Å². The zero-order chi connectivity index (χ0) is 12.3. The van der Waals surface area contributed by atoms with E-state index in [1.54, 1.807) is 30.3 Å². The number of rotatable bonds is 2. The number of hydrogen-bond acceptors (Lipinski definition) is 4. The number of benzene rings is 1. The van der Waals surface area contributed by atoms with Crippen molar-refractivity contribution < 1.29 is 9.21 Å². The van der Waals surface area contributed by atoms with Gasteiger partial charge in [0.1, 0.15) is 12.1 Å². The molecule has 0 spiro atoms. The van der Waals surface area contributed by atoms with E-state index in [2.05, 4.69) is 5.32 Å². The smallest absolute Gasteiger partial charge is 0.287 e. The number of nitriles is 1. The van der Waals surface area contributed by atoms with Gasteiger partial charge in [0.25, 0.3) is 5.91 Å². The number of carbonyl (C=O) groups excluding carboxylic acids is 1. The van der Waals surface area contributed by atoms with Crippen LogP contribution in [0.25, 0.3) is 11.0 Å². The Morgan fingerprint density at radius 2 is 2.18 bits per heavy atom. The van der Waals surface area contributed by atoms with E-state index in [1.165, 1.54) is 0 Å². The van der Waals surface area contributed by atoms with Gasteiger partial charge in [-0.25, -0.2) is 0 Å². The van der Waals surface area contributed by atoms with Crippen LogP contribution in [0.5, 0.6) is 0 Å². The maximum Gasteiger partial charge on any atom is 0.287 e. The van der Waals surface area contributed by atoms with Crippen molar-refractivity contribution >= 4 is 16.9 Å². The normalized spacial score (nSPS) is 9.82. The second-order valence-corrected chi connectivity index (χ2v) is 3.31. The van der Waals surface area contributed by atoms with E-state index in [0.717, 1.165) is 6.07 Å². The molecule has 17 heavy (non-hydrogen) atoms. The van der Waals surface area contributed by atoms with Gasteiger partial charge in [-0.2, -0.15) is 5.26 Å². The molecule has 0 unspecified atom stereocenters. The maximum absolute atomic E-state index is 11.7. The second kappa shape index (κ2) is 4.49. The number of hydrogen-bond donors (Lipinski definition) is 1. The first-order chi connectivity index (χ1) is 8.22. The number of para-hydroxylation sites is 1. The lowest BCUT2D eigenvalue weighted by Gasteiger charge is -2.01. The van der Waals surface area contributed by atoms with Crippen molar-refractivity contribution in [3.63, 3.8) is 0 Å². The number of nitrogens with one attached hydrogen (secondary N) is 1. The van der Waals surface area contributed by atoms with Crippen LogP contribution in [0.1, 0.15) is 10.6 Å². The summed E-state index contributed by atoms with van der Waals surface area (Å²) < 4.78 is 5.28. The highest BCUT2D eigenvalue weighted by Gasteiger charge is 2.11. The summed E-state index contributed by atoms with van der Waals surface area (Å²) in [5.74, 6) is -0.668. The Morgan fingerprint density at radius 1 is 1.41 bits per heavy atom. The van der Waals surface area contributed by atoms with Crippen molar-refractivity contribution in [1.29, 1.82) is 5.26 Å². The van der Waals surface area contributed by atoms with Crippen LogP contribution in [0.4, 0.5) is 0 Å². The third kappa shape index (κ3) is 2.16. The van der Waals surface area contributed by atoms with Crippen molar-refractivity contribution in [3.8, 4) is 6.07 Å². The molecule has 0 saturated heterocycles. The molecule has 0 saturated carbocycles. The molecular formula is C12H8N2O3. The molecule has 0 aliphatic rings. The van der Waals surface area contributed by atoms with Crippen molar-refractivity contribution in [2.24, 2.45) is 0 Å². The summed E-state index contributed by atoms with van der Waals surface area (Å²) in [4.78, 5) is 23.2. The number of nitrogens with zero attached hydrogens (tertiary/aromatic N) is 1. The lowest BCUT2D eigenvalue weighted by molar-refractivity contribution is 0.0931. The number of fused-ring (bicyclic) bond motifs is 1. The fourth-order valence-electron chi connectivity index (χ4n) is 1.42. The average Bonchev–Trinajstić information content (AvgIpc) is 2.36. The second-order valence-electron chi connectivity index (χ2n) is 3.31. The fourth-order valence-corrected chi connectivity index (χ4v) is 1.42. The minimum Gasteiger partial charge on any atom is -0.451 e. The van der Waals surface area contributed by atoms with Gasteiger partial charge in [0.2, 0.25) is 0 Å². The van der Waals surface area contributed by atoms with Gasteiger partial charge in [-0.15, -0.1) is 0 Å². The summed E-state index contributed by atoms with van der Waals surface area (Å²) in [5, 5.41) is 11.1. The van der Waals surface area contributed by atoms with Crippen LogP contribution in [-0.2, 0) is 0 Å². The monoisotopic (exact) mass is 228 g/mol. The molecule has 1 N–H and O–H groups in total. The zero-order valence-corrected chi connectivity index (χ0v) is 8.77. The first-order valence-corrected chi connectivity index (χ1v) is 4.90.